The molecule has 0 aromatic heterocycles. The fourth-order valence-corrected chi connectivity index (χ4v) is 1.36. The van der Waals surface area contributed by atoms with Crippen molar-refractivity contribution in [1.82, 2.24) is 0 Å². The van der Waals surface area contributed by atoms with Crippen LogP contribution in [0.4, 0.5) is 0 Å². The summed E-state index contributed by atoms with van der Waals surface area (Å²) in [5, 5.41) is 9.03. The van der Waals surface area contributed by atoms with Gasteiger partial charge in [0, 0.05) is 10.0 Å². The van der Waals surface area contributed by atoms with Gasteiger partial charge < -0.3 is 9.84 Å². The van der Waals surface area contributed by atoms with Crippen molar-refractivity contribution in [1.29, 1.82) is 0 Å². The van der Waals surface area contributed by atoms with Gasteiger partial charge in [0.2, 0.25) is 0 Å². The van der Waals surface area contributed by atoms with Gasteiger partial charge in [-0.1, -0.05) is 22.0 Å². The molecule has 1 aromatic carbocycles. The molecule has 0 spiro atoms. The molecule has 1 aromatic rings. The molecule has 1 rings (SSSR count). The first-order valence-corrected chi connectivity index (χ1v) is 4.98. The lowest BCUT2D eigenvalue weighted by atomic mass is 10.2. The molecule has 0 heterocycles. The zero-order valence-electron chi connectivity index (χ0n) is 7.75. The topological polar surface area (TPSA) is 29.5 Å². The van der Waals surface area contributed by atoms with Crippen molar-refractivity contribution < 1.29 is 9.84 Å². The Labute approximate surface area is 86.7 Å². The SMILES string of the molecule is CC(C)Oc1cc(Br)ccc1CO. The molecule has 0 radical (unpaired) electrons. The molecule has 0 saturated carbocycles. The lowest BCUT2D eigenvalue weighted by Gasteiger charge is -2.13. The summed E-state index contributed by atoms with van der Waals surface area (Å²) in [5.74, 6) is 0.742. The van der Waals surface area contributed by atoms with Gasteiger partial charge in [-0.3, -0.25) is 0 Å². The van der Waals surface area contributed by atoms with Crippen molar-refractivity contribution in [2.24, 2.45) is 0 Å². The van der Waals surface area contributed by atoms with E-state index in [9.17, 15) is 0 Å². The largest absolute Gasteiger partial charge is 0.491 e. The smallest absolute Gasteiger partial charge is 0.126 e. The Bertz CT molecular complexity index is 284. The van der Waals surface area contributed by atoms with E-state index in [1.54, 1.807) is 0 Å². The number of hydrogen-bond acceptors (Lipinski definition) is 2. The van der Waals surface area contributed by atoms with Gasteiger partial charge >= 0.3 is 0 Å². The highest BCUT2D eigenvalue weighted by atomic mass is 79.9. The van der Waals surface area contributed by atoms with Gasteiger partial charge in [0.25, 0.3) is 0 Å². The summed E-state index contributed by atoms with van der Waals surface area (Å²) >= 11 is 3.35. The van der Waals surface area contributed by atoms with Gasteiger partial charge in [0.05, 0.1) is 12.7 Å². The number of halogens is 1. The molecule has 0 saturated heterocycles. The molecule has 13 heavy (non-hydrogen) atoms. The minimum Gasteiger partial charge on any atom is -0.491 e. The van der Waals surface area contributed by atoms with Crippen LogP contribution in [0, 0.1) is 0 Å². The Morgan fingerprint density at radius 1 is 1.46 bits per heavy atom. The molecule has 0 bridgehead atoms. The van der Waals surface area contributed by atoms with Gasteiger partial charge in [-0.25, -0.2) is 0 Å². The van der Waals surface area contributed by atoms with Gasteiger partial charge in [0.1, 0.15) is 5.75 Å². The molecule has 0 unspecified atom stereocenters. The van der Waals surface area contributed by atoms with Gasteiger partial charge in [-0.15, -0.1) is 0 Å². The van der Waals surface area contributed by atoms with Crippen molar-refractivity contribution >= 4 is 15.9 Å². The monoisotopic (exact) mass is 244 g/mol. The van der Waals surface area contributed by atoms with Gasteiger partial charge in [0.15, 0.2) is 0 Å². The minimum absolute atomic E-state index is 0.00926. The van der Waals surface area contributed by atoms with Crippen LogP contribution in [0.2, 0.25) is 0 Å². The molecule has 3 heteroatoms. The van der Waals surface area contributed by atoms with E-state index in [1.807, 2.05) is 32.0 Å². The van der Waals surface area contributed by atoms with E-state index in [-0.39, 0.29) is 12.7 Å². The third-order valence-corrected chi connectivity index (χ3v) is 2.06. The molecular weight excluding hydrogens is 232 g/mol. The van der Waals surface area contributed by atoms with Crippen molar-refractivity contribution in [2.45, 2.75) is 26.6 Å². The van der Waals surface area contributed by atoms with E-state index in [0.717, 1.165) is 15.8 Å². The summed E-state index contributed by atoms with van der Waals surface area (Å²) in [5.41, 5.74) is 0.817. The van der Waals surface area contributed by atoms with Crippen molar-refractivity contribution in [3.8, 4) is 5.75 Å². The summed E-state index contributed by atoms with van der Waals surface area (Å²) in [4.78, 5) is 0. The summed E-state index contributed by atoms with van der Waals surface area (Å²) in [6.45, 7) is 3.93. The van der Waals surface area contributed by atoms with Crippen molar-refractivity contribution in [3.05, 3.63) is 28.2 Å². The maximum atomic E-state index is 9.03. The Kier molecular flexibility index (Phi) is 3.75. The normalized spacial score (nSPS) is 10.5. The van der Waals surface area contributed by atoms with Crippen LogP contribution >= 0.6 is 15.9 Å². The first-order chi connectivity index (χ1) is 6.13. The Balaban J connectivity index is 2.94. The predicted molar refractivity (Wildman–Crippen MR) is 55.8 cm³/mol. The van der Waals surface area contributed by atoms with E-state index in [2.05, 4.69) is 15.9 Å². The molecule has 2 nitrogen and oxygen atoms in total. The quantitative estimate of drug-likeness (QED) is 0.887. The van der Waals surface area contributed by atoms with E-state index in [0.29, 0.717) is 0 Å². The maximum absolute atomic E-state index is 9.03. The lowest BCUT2D eigenvalue weighted by Crippen LogP contribution is -2.07. The highest BCUT2D eigenvalue weighted by Crippen LogP contribution is 2.24. The molecule has 72 valence electrons. The fraction of sp³-hybridized carbons (Fsp3) is 0.400. The van der Waals surface area contributed by atoms with Crippen LogP contribution in [-0.4, -0.2) is 11.2 Å². The number of benzene rings is 1. The molecule has 0 aliphatic carbocycles. The Hall–Kier alpha value is -0.540. The van der Waals surface area contributed by atoms with Crippen LogP contribution < -0.4 is 4.74 Å². The summed E-state index contributed by atoms with van der Waals surface area (Å²) in [6.07, 6.45) is 0.125. The second kappa shape index (κ2) is 4.63. The molecule has 0 fully saturated rings. The average Bonchev–Trinajstić information content (AvgIpc) is 2.03. The summed E-state index contributed by atoms with van der Waals surface area (Å²) < 4.78 is 6.49. The maximum Gasteiger partial charge on any atom is 0.126 e. The number of aliphatic hydroxyl groups excluding tert-OH is 1. The Morgan fingerprint density at radius 2 is 2.15 bits per heavy atom. The Morgan fingerprint density at radius 3 is 2.69 bits per heavy atom. The summed E-state index contributed by atoms with van der Waals surface area (Å²) in [7, 11) is 0. The minimum atomic E-state index is 0.00926. The second-order valence-electron chi connectivity index (χ2n) is 3.08. The van der Waals surface area contributed by atoms with Crippen molar-refractivity contribution in [2.75, 3.05) is 0 Å². The number of hydrogen-bond donors (Lipinski definition) is 1. The molecule has 0 aliphatic rings. The second-order valence-corrected chi connectivity index (χ2v) is 3.99. The van der Waals surface area contributed by atoms with Crippen molar-refractivity contribution in [3.63, 3.8) is 0 Å². The standard InChI is InChI=1S/C10H13BrO2/c1-7(2)13-10-5-9(11)4-3-8(10)6-12/h3-5,7,12H,6H2,1-2H3. The number of rotatable bonds is 3. The van der Waals surface area contributed by atoms with E-state index in [1.165, 1.54) is 0 Å². The average molecular weight is 245 g/mol. The fourth-order valence-electron chi connectivity index (χ4n) is 1.02. The van der Waals surface area contributed by atoms with Gasteiger partial charge in [-0.05, 0) is 26.0 Å². The van der Waals surface area contributed by atoms with E-state index >= 15 is 0 Å². The molecule has 1 N–H and O–H groups in total. The van der Waals surface area contributed by atoms with Crippen LogP contribution in [0.1, 0.15) is 19.4 Å². The predicted octanol–water partition coefficient (Wildman–Crippen LogP) is 2.73. The van der Waals surface area contributed by atoms with Gasteiger partial charge in [-0.2, -0.15) is 0 Å². The van der Waals surface area contributed by atoms with Crippen LogP contribution in [0.15, 0.2) is 22.7 Å². The third-order valence-electron chi connectivity index (χ3n) is 1.56. The van der Waals surface area contributed by atoms with Crippen LogP contribution in [0.25, 0.3) is 0 Å². The summed E-state index contributed by atoms with van der Waals surface area (Å²) in [6, 6.07) is 5.60. The molecule has 0 amide bonds. The highest BCUT2D eigenvalue weighted by molar-refractivity contribution is 9.10. The molecule has 0 aliphatic heterocycles. The third kappa shape index (κ3) is 3.01. The molecule has 0 atom stereocenters. The zero-order valence-corrected chi connectivity index (χ0v) is 9.34. The number of aliphatic hydroxyl groups is 1. The van der Waals surface area contributed by atoms with Crippen LogP contribution in [0.3, 0.4) is 0 Å². The van der Waals surface area contributed by atoms with E-state index in [4.69, 9.17) is 9.84 Å². The molecular formula is C10H13BrO2. The number of ether oxygens (including phenoxy) is 1. The zero-order chi connectivity index (χ0) is 9.84. The lowest BCUT2D eigenvalue weighted by molar-refractivity contribution is 0.225. The first kappa shape index (κ1) is 10.5. The van der Waals surface area contributed by atoms with Crippen LogP contribution in [-0.2, 0) is 6.61 Å². The highest BCUT2D eigenvalue weighted by Gasteiger charge is 2.04. The first-order valence-electron chi connectivity index (χ1n) is 4.19. The van der Waals surface area contributed by atoms with E-state index < -0.39 is 0 Å². The van der Waals surface area contributed by atoms with Crippen LogP contribution in [0.5, 0.6) is 5.75 Å².